The first kappa shape index (κ1) is 18.6. The maximum absolute atomic E-state index is 12.5. The number of rotatable bonds is 5. The Labute approximate surface area is 146 Å². The van der Waals surface area contributed by atoms with E-state index in [0.717, 1.165) is 17.8 Å². The average molecular weight is 375 g/mol. The van der Waals surface area contributed by atoms with Gasteiger partial charge in [0.1, 0.15) is 5.03 Å². The fourth-order valence-corrected chi connectivity index (χ4v) is 2.86. The van der Waals surface area contributed by atoms with Gasteiger partial charge in [-0.25, -0.2) is 4.98 Å². The molecule has 0 unspecified atom stereocenters. The van der Waals surface area contributed by atoms with Crippen molar-refractivity contribution < 1.29 is 18.0 Å². The van der Waals surface area contributed by atoms with Crippen LogP contribution in [0.15, 0.2) is 41.6 Å². The minimum absolute atomic E-state index is 0.0558. The number of nitrogens with one attached hydrogen (secondary N) is 1. The van der Waals surface area contributed by atoms with Gasteiger partial charge in [0.15, 0.2) is 0 Å². The van der Waals surface area contributed by atoms with Gasteiger partial charge in [0.2, 0.25) is 0 Å². The lowest BCUT2D eigenvalue weighted by Crippen LogP contribution is -2.25. The average Bonchev–Trinajstić information content (AvgIpc) is 2.52. The van der Waals surface area contributed by atoms with Crippen molar-refractivity contribution >= 4 is 29.3 Å². The topological polar surface area (TPSA) is 42.0 Å². The van der Waals surface area contributed by atoms with Gasteiger partial charge in [-0.1, -0.05) is 29.3 Å². The van der Waals surface area contributed by atoms with Gasteiger partial charge < -0.3 is 5.32 Å². The van der Waals surface area contributed by atoms with E-state index in [2.05, 4.69) is 10.3 Å². The molecule has 0 aliphatic heterocycles. The van der Waals surface area contributed by atoms with Crippen LogP contribution in [0.2, 0.25) is 5.02 Å². The second kappa shape index (κ2) is 7.90. The van der Waals surface area contributed by atoms with E-state index in [1.807, 2.05) is 19.1 Å². The number of hydrogen-bond acceptors (Lipinski definition) is 3. The summed E-state index contributed by atoms with van der Waals surface area (Å²) in [4.78, 5) is 15.6. The number of aryl methyl sites for hydroxylation is 1. The van der Waals surface area contributed by atoms with Gasteiger partial charge in [-0.15, -0.1) is 11.8 Å². The third-order valence-corrected chi connectivity index (χ3v) is 4.48. The molecule has 0 bridgehead atoms. The summed E-state index contributed by atoms with van der Waals surface area (Å²) in [5, 5.41) is 2.98. The normalized spacial score (nSPS) is 11.4. The Morgan fingerprint density at radius 2 is 1.96 bits per heavy atom. The molecule has 1 N–H and O–H groups in total. The van der Waals surface area contributed by atoms with E-state index in [9.17, 15) is 18.0 Å². The summed E-state index contributed by atoms with van der Waals surface area (Å²) in [5.41, 5.74) is 0.728. The Kier molecular flexibility index (Phi) is 6.12. The zero-order valence-electron chi connectivity index (χ0n) is 12.7. The van der Waals surface area contributed by atoms with Gasteiger partial charge in [0.05, 0.1) is 10.6 Å². The molecule has 128 valence electrons. The number of nitrogens with zero attached hydrogens (tertiary/aromatic N) is 1. The van der Waals surface area contributed by atoms with Gasteiger partial charge >= 0.3 is 6.18 Å². The molecule has 24 heavy (non-hydrogen) atoms. The summed E-state index contributed by atoms with van der Waals surface area (Å²) in [6.07, 6.45) is -3.72. The molecule has 1 amide bonds. The van der Waals surface area contributed by atoms with Crippen LogP contribution >= 0.6 is 23.4 Å². The van der Waals surface area contributed by atoms with Crippen LogP contribution in [0.4, 0.5) is 13.2 Å². The number of carbonyl (C=O) groups is 1. The van der Waals surface area contributed by atoms with E-state index in [4.69, 9.17) is 11.6 Å². The first-order valence-corrected chi connectivity index (χ1v) is 8.34. The van der Waals surface area contributed by atoms with E-state index in [1.54, 1.807) is 12.1 Å². The summed E-state index contributed by atoms with van der Waals surface area (Å²) < 4.78 is 37.6. The zero-order chi connectivity index (χ0) is 17.7. The second-order valence-electron chi connectivity index (χ2n) is 4.98. The second-order valence-corrected chi connectivity index (χ2v) is 6.47. The number of hydrogen-bond donors (Lipinski definition) is 1. The highest BCUT2D eigenvalue weighted by molar-refractivity contribution is 7.99. The number of aromatic nitrogens is 1. The van der Waals surface area contributed by atoms with Crippen LogP contribution in [0.5, 0.6) is 0 Å². The Hall–Kier alpha value is -1.73. The van der Waals surface area contributed by atoms with Crippen molar-refractivity contribution in [3.63, 3.8) is 0 Å². The molecule has 1 aromatic carbocycles. The third kappa shape index (κ3) is 5.14. The van der Waals surface area contributed by atoms with Crippen molar-refractivity contribution in [3.8, 4) is 0 Å². The first-order chi connectivity index (χ1) is 11.3. The number of alkyl halides is 3. The van der Waals surface area contributed by atoms with Crippen LogP contribution in [0, 0.1) is 6.92 Å². The van der Waals surface area contributed by atoms with Crippen LogP contribution in [-0.4, -0.2) is 23.2 Å². The summed E-state index contributed by atoms with van der Waals surface area (Å²) in [6.45, 7) is 2.27. The van der Waals surface area contributed by atoms with E-state index in [-0.39, 0.29) is 10.9 Å². The van der Waals surface area contributed by atoms with Crippen molar-refractivity contribution in [3.05, 3.63) is 58.2 Å². The molecule has 8 heteroatoms. The standard InChI is InChI=1S/C16H14ClF3N2OS/c1-10-2-4-11(5-3-10)14(23)21-6-7-24-15-13(17)8-12(9-22-15)16(18,19)20/h2-5,8-9H,6-7H2,1H3,(H,21,23). The largest absolute Gasteiger partial charge is 0.417 e. The minimum Gasteiger partial charge on any atom is -0.351 e. The smallest absolute Gasteiger partial charge is 0.351 e. The Bertz CT molecular complexity index is 720. The number of benzene rings is 1. The van der Waals surface area contributed by atoms with Gasteiger partial charge in [0, 0.05) is 24.1 Å². The Morgan fingerprint density at radius 1 is 1.29 bits per heavy atom. The van der Waals surface area contributed by atoms with Gasteiger partial charge in [-0.3, -0.25) is 4.79 Å². The molecular weight excluding hydrogens is 361 g/mol. The molecule has 0 aliphatic rings. The number of halogens is 4. The highest BCUT2D eigenvalue weighted by Gasteiger charge is 2.31. The Morgan fingerprint density at radius 3 is 2.54 bits per heavy atom. The van der Waals surface area contributed by atoms with Crippen molar-refractivity contribution in [1.29, 1.82) is 0 Å². The van der Waals surface area contributed by atoms with Crippen LogP contribution in [0.1, 0.15) is 21.5 Å². The number of thioether (sulfide) groups is 1. The lowest BCUT2D eigenvalue weighted by atomic mass is 10.1. The summed E-state index contributed by atoms with van der Waals surface area (Å²) in [5.74, 6) is 0.234. The lowest BCUT2D eigenvalue weighted by Gasteiger charge is -2.09. The van der Waals surface area contributed by atoms with Crippen LogP contribution in [0.3, 0.4) is 0 Å². The van der Waals surface area contributed by atoms with Crippen molar-refractivity contribution in [2.45, 2.75) is 18.1 Å². The first-order valence-electron chi connectivity index (χ1n) is 6.98. The lowest BCUT2D eigenvalue weighted by molar-refractivity contribution is -0.137. The Balaban J connectivity index is 1.84. The molecule has 0 aliphatic carbocycles. The van der Waals surface area contributed by atoms with E-state index in [1.165, 1.54) is 11.8 Å². The van der Waals surface area contributed by atoms with Crippen LogP contribution in [-0.2, 0) is 6.18 Å². The van der Waals surface area contributed by atoms with Gasteiger partial charge in [-0.05, 0) is 25.1 Å². The fourth-order valence-electron chi connectivity index (χ4n) is 1.81. The van der Waals surface area contributed by atoms with Crippen molar-refractivity contribution in [2.24, 2.45) is 0 Å². The highest BCUT2D eigenvalue weighted by Crippen LogP contribution is 2.33. The predicted molar refractivity (Wildman–Crippen MR) is 88.5 cm³/mol. The minimum atomic E-state index is -4.47. The molecular formula is C16H14ClF3N2OS. The molecule has 3 nitrogen and oxygen atoms in total. The van der Waals surface area contributed by atoms with Crippen LogP contribution < -0.4 is 5.32 Å². The summed E-state index contributed by atoms with van der Waals surface area (Å²) >= 11 is 7.00. The van der Waals surface area contributed by atoms with E-state index in [0.29, 0.717) is 22.9 Å². The molecule has 1 heterocycles. The monoisotopic (exact) mass is 374 g/mol. The molecule has 0 atom stereocenters. The molecule has 1 aromatic heterocycles. The van der Waals surface area contributed by atoms with Crippen molar-refractivity contribution in [2.75, 3.05) is 12.3 Å². The third-order valence-electron chi connectivity index (χ3n) is 3.07. The predicted octanol–water partition coefficient (Wildman–Crippen LogP) is 4.58. The molecule has 2 aromatic rings. The zero-order valence-corrected chi connectivity index (χ0v) is 14.2. The molecule has 0 fully saturated rings. The number of amides is 1. The molecule has 0 spiro atoms. The van der Waals surface area contributed by atoms with Crippen molar-refractivity contribution in [1.82, 2.24) is 10.3 Å². The van der Waals surface area contributed by atoms with Crippen LogP contribution in [0.25, 0.3) is 0 Å². The maximum Gasteiger partial charge on any atom is 0.417 e. The molecule has 0 saturated carbocycles. The maximum atomic E-state index is 12.5. The summed E-state index contributed by atoms with van der Waals surface area (Å²) in [6, 6.07) is 7.99. The molecule has 2 rings (SSSR count). The number of pyridine rings is 1. The molecule has 0 radical (unpaired) electrons. The van der Waals surface area contributed by atoms with E-state index < -0.39 is 11.7 Å². The quantitative estimate of drug-likeness (QED) is 0.615. The summed E-state index contributed by atoms with van der Waals surface area (Å²) in [7, 11) is 0. The van der Waals surface area contributed by atoms with Gasteiger partial charge in [-0.2, -0.15) is 13.2 Å². The SMILES string of the molecule is Cc1ccc(C(=O)NCCSc2ncc(C(F)(F)F)cc2Cl)cc1. The highest BCUT2D eigenvalue weighted by atomic mass is 35.5. The van der Waals surface area contributed by atoms with E-state index >= 15 is 0 Å². The molecule has 0 saturated heterocycles. The number of carbonyl (C=O) groups excluding carboxylic acids is 1. The fraction of sp³-hybridized carbons (Fsp3) is 0.250. The van der Waals surface area contributed by atoms with Gasteiger partial charge in [0.25, 0.3) is 5.91 Å².